The van der Waals surface area contributed by atoms with Gasteiger partial charge in [-0.2, -0.15) is 0 Å². The summed E-state index contributed by atoms with van der Waals surface area (Å²) in [6.07, 6.45) is -0.889. The Kier molecular flexibility index (Phi) is 16.6. The summed E-state index contributed by atoms with van der Waals surface area (Å²) in [6, 6.07) is 15.6. The van der Waals surface area contributed by atoms with Gasteiger partial charge in [-0.15, -0.1) is 11.6 Å². The highest BCUT2D eigenvalue weighted by Gasteiger charge is 2.37. The number of ether oxygens (including phenoxy) is 3. The third kappa shape index (κ3) is 14.8. The molecule has 2 aromatic rings. The molecule has 0 saturated heterocycles. The van der Waals surface area contributed by atoms with Crippen LogP contribution in [0.25, 0.3) is 0 Å². The Morgan fingerprint density at radius 3 is 1.46 bits per heavy atom. The Morgan fingerprint density at radius 2 is 1.10 bits per heavy atom. The molecule has 0 aliphatic heterocycles. The minimum Gasteiger partial charge on any atom is -0.497 e. The normalized spacial score (nSPS) is 13.7. The van der Waals surface area contributed by atoms with Crippen LogP contribution in [0.2, 0.25) is 0 Å². The fraction of sp³-hybridized carbons (Fsp3) is 0.647. The van der Waals surface area contributed by atoms with Crippen LogP contribution in [0.1, 0.15) is 80.4 Å². The molecule has 0 spiro atoms. The highest BCUT2D eigenvalue weighted by molar-refractivity contribution is 6.17. The number of aliphatic hydroxyl groups excluding tert-OH is 3. The van der Waals surface area contributed by atoms with Crippen LogP contribution in [-0.2, 0) is 17.2 Å². The molecule has 0 radical (unpaired) electrons. The Labute approximate surface area is 255 Å². The van der Waals surface area contributed by atoms with Crippen molar-refractivity contribution in [3.8, 4) is 11.5 Å². The zero-order valence-electron chi connectivity index (χ0n) is 27.5. The monoisotopic (exact) mass is 596 g/mol. The maximum atomic E-state index is 10.4. The van der Waals surface area contributed by atoms with E-state index in [9.17, 15) is 10.2 Å². The molecule has 0 aliphatic carbocycles. The molecule has 236 valence electrons. The first kappa shape index (κ1) is 39.2. The Bertz CT molecular complexity index is 972. The van der Waals surface area contributed by atoms with Crippen molar-refractivity contribution in [1.29, 1.82) is 0 Å². The molecular formula is C34H57ClO6. The average molecular weight is 597 g/mol. The summed E-state index contributed by atoms with van der Waals surface area (Å²) in [6.45, 7) is 20.9. The molecule has 0 aromatic heterocycles. The van der Waals surface area contributed by atoms with Crippen LogP contribution in [0.15, 0.2) is 48.5 Å². The van der Waals surface area contributed by atoms with Crippen LogP contribution in [0.4, 0.5) is 0 Å². The molecule has 2 aromatic carbocycles. The maximum absolute atomic E-state index is 10.4. The quantitative estimate of drug-likeness (QED) is 0.246. The molecular weight excluding hydrogens is 540 g/mol. The van der Waals surface area contributed by atoms with Gasteiger partial charge in [0.25, 0.3) is 0 Å². The summed E-state index contributed by atoms with van der Waals surface area (Å²) in [4.78, 5) is 0. The molecule has 0 bridgehead atoms. The molecule has 2 rings (SSSR count). The van der Waals surface area contributed by atoms with Gasteiger partial charge in [0.1, 0.15) is 11.5 Å². The third-order valence-corrected chi connectivity index (χ3v) is 7.00. The maximum Gasteiger partial charge on any atom is 0.119 e. The van der Waals surface area contributed by atoms with Gasteiger partial charge in [0.05, 0.1) is 46.2 Å². The number of halogens is 1. The molecule has 2 unspecified atom stereocenters. The number of hydrogen-bond donors (Lipinski definition) is 3. The lowest BCUT2D eigenvalue weighted by molar-refractivity contribution is -0.0772. The van der Waals surface area contributed by atoms with E-state index in [0.717, 1.165) is 22.6 Å². The van der Waals surface area contributed by atoms with Gasteiger partial charge in [-0.05, 0) is 46.2 Å². The zero-order valence-corrected chi connectivity index (χ0v) is 28.3. The molecule has 0 saturated carbocycles. The van der Waals surface area contributed by atoms with Crippen molar-refractivity contribution >= 4 is 11.6 Å². The van der Waals surface area contributed by atoms with E-state index >= 15 is 0 Å². The van der Waals surface area contributed by atoms with E-state index < -0.39 is 17.6 Å². The van der Waals surface area contributed by atoms with Gasteiger partial charge in [-0.1, -0.05) is 93.5 Å². The first-order chi connectivity index (χ1) is 18.7. The summed E-state index contributed by atoms with van der Waals surface area (Å²) >= 11 is 5.60. The van der Waals surface area contributed by atoms with Gasteiger partial charge in [-0.25, -0.2) is 0 Å². The fourth-order valence-electron chi connectivity index (χ4n) is 4.46. The van der Waals surface area contributed by atoms with Gasteiger partial charge in [-0.3, -0.25) is 0 Å². The average Bonchev–Trinajstić information content (AvgIpc) is 2.91. The van der Waals surface area contributed by atoms with Crippen molar-refractivity contribution < 1.29 is 29.5 Å². The molecule has 0 fully saturated rings. The van der Waals surface area contributed by atoms with Crippen molar-refractivity contribution in [1.82, 2.24) is 0 Å². The van der Waals surface area contributed by atoms with Gasteiger partial charge >= 0.3 is 0 Å². The Balaban J connectivity index is 0.000000643. The lowest BCUT2D eigenvalue weighted by atomic mass is 9.73. The van der Waals surface area contributed by atoms with Crippen LogP contribution < -0.4 is 9.47 Å². The molecule has 6 nitrogen and oxygen atoms in total. The van der Waals surface area contributed by atoms with E-state index in [1.807, 2.05) is 118 Å². The summed E-state index contributed by atoms with van der Waals surface area (Å²) in [5.41, 5.74) is 1.16. The van der Waals surface area contributed by atoms with E-state index in [0.29, 0.717) is 19.1 Å². The molecule has 0 amide bonds. The van der Waals surface area contributed by atoms with Gasteiger partial charge in [0, 0.05) is 16.7 Å². The van der Waals surface area contributed by atoms with E-state index in [-0.39, 0.29) is 22.9 Å². The minimum atomic E-state index is -0.472. The molecule has 0 aliphatic rings. The molecule has 7 heteroatoms. The molecule has 0 heterocycles. The van der Waals surface area contributed by atoms with Crippen LogP contribution in [0.3, 0.4) is 0 Å². The fourth-order valence-corrected chi connectivity index (χ4v) is 4.63. The van der Waals surface area contributed by atoms with Crippen LogP contribution >= 0.6 is 11.6 Å². The van der Waals surface area contributed by atoms with E-state index in [2.05, 4.69) is 0 Å². The smallest absolute Gasteiger partial charge is 0.119 e. The summed E-state index contributed by atoms with van der Waals surface area (Å²) in [7, 11) is 3.30. The van der Waals surface area contributed by atoms with Gasteiger partial charge in [0.15, 0.2) is 0 Å². The number of aliphatic hydroxyl groups is 3. The number of hydrogen-bond acceptors (Lipinski definition) is 6. The van der Waals surface area contributed by atoms with Gasteiger partial charge < -0.3 is 29.5 Å². The van der Waals surface area contributed by atoms with Crippen LogP contribution in [0, 0.1) is 21.7 Å². The Hall–Kier alpha value is -1.83. The number of benzene rings is 2. The van der Waals surface area contributed by atoms with Crippen molar-refractivity contribution in [3.63, 3.8) is 0 Å². The van der Waals surface area contributed by atoms with Crippen LogP contribution in [-0.4, -0.2) is 55.0 Å². The van der Waals surface area contributed by atoms with Crippen molar-refractivity contribution in [2.75, 3.05) is 27.4 Å². The predicted octanol–water partition coefficient (Wildman–Crippen LogP) is 7.49. The molecule has 3 N–H and O–H groups in total. The topological polar surface area (TPSA) is 88.4 Å². The lowest BCUT2D eigenvalue weighted by Crippen LogP contribution is -2.42. The number of alkyl halides is 1. The van der Waals surface area contributed by atoms with Crippen molar-refractivity contribution in [2.45, 2.75) is 93.9 Å². The predicted molar refractivity (Wildman–Crippen MR) is 171 cm³/mol. The second-order valence-corrected chi connectivity index (χ2v) is 14.3. The zero-order chi connectivity index (χ0) is 32.1. The first-order valence-electron chi connectivity index (χ1n) is 14.1. The second kappa shape index (κ2) is 17.3. The minimum absolute atomic E-state index is 0.0193. The first-order valence-corrected chi connectivity index (χ1v) is 14.6. The second-order valence-electron chi connectivity index (χ2n) is 14.0. The largest absolute Gasteiger partial charge is 0.497 e. The van der Waals surface area contributed by atoms with E-state index in [4.69, 9.17) is 30.9 Å². The SMILES string of the molecule is CC(C)(C)C(O)C(C)(C)CO.COc1cccc(CCl)c1.COc1cccc(COCC(C)(C)C(O)C(C)(C)C)c1. The van der Waals surface area contributed by atoms with Crippen molar-refractivity contribution in [3.05, 3.63) is 59.7 Å². The van der Waals surface area contributed by atoms with Crippen LogP contribution in [0.5, 0.6) is 11.5 Å². The molecule has 41 heavy (non-hydrogen) atoms. The Morgan fingerprint density at radius 1 is 0.683 bits per heavy atom. The van der Waals surface area contributed by atoms with Crippen molar-refractivity contribution in [2.24, 2.45) is 21.7 Å². The highest BCUT2D eigenvalue weighted by atomic mass is 35.5. The highest BCUT2D eigenvalue weighted by Crippen LogP contribution is 2.34. The van der Waals surface area contributed by atoms with E-state index in [1.54, 1.807) is 14.2 Å². The lowest BCUT2D eigenvalue weighted by Gasteiger charge is -2.38. The third-order valence-electron chi connectivity index (χ3n) is 6.69. The number of rotatable bonds is 10. The molecule has 2 atom stereocenters. The summed E-state index contributed by atoms with van der Waals surface area (Å²) in [5.74, 6) is 2.23. The standard InChI is InChI=1S/C17H28O3.C9H20O2.C8H9ClO/c1-16(2,3)15(18)17(4,5)12-20-11-13-8-7-9-14(10-13)19-6;1-8(2,3)7(11)9(4,5)6-10;1-10-8-4-2-3-7(5-8)6-9/h7-10,15,18H,11-12H2,1-6H3;7,10-11H,6H2,1-5H3;2-5H,6H2,1H3. The summed E-state index contributed by atoms with van der Waals surface area (Å²) < 4.78 is 16.0. The van der Waals surface area contributed by atoms with E-state index in [1.165, 1.54) is 0 Å². The summed E-state index contributed by atoms with van der Waals surface area (Å²) in [5, 5.41) is 29.1. The number of methoxy groups -OCH3 is 2. The van der Waals surface area contributed by atoms with Gasteiger partial charge in [0.2, 0.25) is 0 Å².